The van der Waals surface area contributed by atoms with Gasteiger partial charge in [-0.1, -0.05) is 29.8 Å². The predicted octanol–water partition coefficient (Wildman–Crippen LogP) is 1.64. The van der Waals surface area contributed by atoms with Gasteiger partial charge in [0.15, 0.2) is 0 Å². The van der Waals surface area contributed by atoms with Crippen molar-refractivity contribution in [3.8, 4) is 0 Å². The Labute approximate surface area is 131 Å². The molecule has 5 heteroatoms. The average Bonchev–Trinajstić information content (AvgIpc) is 2.77. The molecule has 1 saturated heterocycles. The summed E-state index contributed by atoms with van der Waals surface area (Å²) in [6.45, 7) is 5.25. The first-order chi connectivity index (χ1) is 10.5. The Hall–Kier alpha value is -1.88. The molecule has 1 aromatic rings. The molecule has 2 amide bonds. The first kappa shape index (κ1) is 16.5. The van der Waals surface area contributed by atoms with E-state index in [1.807, 2.05) is 32.0 Å². The molecular weight excluding hydrogens is 280 g/mol. The number of methoxy groups -OCH3 is 1. The molecule has 1 fully saturated rings. The third-order valence-electron chi connectivity index (χ3n) is 4.23. The van der Waals surface area contributed by atoms with E-state index in [9.17, 15) is 9.59 Å². The number of rotatable bonds is 6. The molecule has 0 radical (unpaired) electrons. The SMILES string of the molecule is COCCNC(=O)[C@@]1(C)CCC(=O)N1Cc1cccc(C)c1. The van der Waals surface area contributed by atoms with Crippen molar-refractivity contribution in [2.45, 2.75) is 38.8 Å². The Morgan fingerprint density at radius 1 is 1.45 bits per heavy atom. The van der Waals surface area contributed by atoms with Crippen molar-refractivity contribution in [3.05, 3.63) is 35.4 Å². The van der Waals surface area contributed by atoms with Gasteiger partial charge in [0.1, 0.15) is 5.54 Å². The highest BCUT2D eigenvalue weighted by molar-refractivity contribution is 5.94. The van der Waals surface area contributed by atoms with Crippen LogP contribution in [0.1, 0.15) is 30.9 Å². The van der Waals surface area contributed by atoms with E-state index < -0.39 is 5.54 Å². The highest BCUT2D eigenvalue weighted by Crippen LogP contribution is 2.32. The zero-order chi connectivity index (χ0) is 16.2. The van der Waals surface area contributed by atoms with Gasteiger partial charge in [-0.15, -0.1) is 0 Å². The minimum Gasteiger partial charge on any atom is -0.383 e. The van der Waals surface area contributed by atoms with Gasteiger partial charge in [-0.2, -0.15) is 0 Å². The largest absolute Gasteiger partial charge is 0.383 e. The summed E-state index contributed by atoms with van der Waals surface area (Å²) in [6, 6.07) is 8.03. The molecule has 0 aromatic heterocycles. The molecule has 0 bridgehead atoms. The third-order valence-corrected chi connectivity index (χ3v) is 4.23. The Kier molecular flexibility index (Phi) is 5.19. The number of nitrogens with zero attached hydrogens (tertiary/aromatic N) is 1. The van der Waals surface area contributed by atoms with Gasteiger partial charge in [-0.3, -0.25) is 9.59 Å². The maximum absolute atomic E-state index is 12.5. The zero-order valence-electron chi connectivity index (χ0n) is 13.5. The predicted molar refractivity (Wildman–Crippen MR) is 84.3 cm³/mol. The Morgan fingerprint density at radius 2 is 2.23 bits per heavy atom. The van der Waals surface area contributed by atoms with Gasteiger partial charge in [-0.05, 0) is 25.8 Å². The van der Waals surface area contributed by atoms with Crippen LogP contribution in [0.4, 0.5) is 0 Å². The molecule has 1 aliphatic heterocycles. The summed E-state index contributed by atoms with van der Waals surface area (Å²) in [5.74, 6) is -0.0750. The maximum atomic E-state index is 12.5. The fourth-order valence-corrected chi connectivity index (χ4v) is 2.84. The van der Waals surface area contributed by atoms with E-state index in [1.165, 1.54) is 0 Å². The number of benzene rings is 1. The lowest BCUT2D eigenvalue weighted by Crippen LogP contribution is -2.54. The Morgan fingerprint density at radius 3 is 2.91 bits per heavy atom. The second-order valence-electron chi connectivity index (χ2n) is 5.99. The minimum atomic E-state index is -0.783. The van der Waals surface area contributed by atoms with Crippen LogP contribution in [-0.2, 0) is 20.9 Å². The van der Waals surface area contributed by atoms with E-state index in [0.29, 0.717) is 32.5 Å². The number of likely N-dealkylation sites (tertiary alicyclic amines) is 1. The Bertz CT molecular complexity index is 559. The summed E-state index contributed by atoms with van der Waals surface area (Å²) in [5, 5.41) is 2.86. The quantitative estimate of drug-likeness (QED) is 0.813. The van der Waals surface area contributed by atoms with Gasteiger partial charge in [-0.25, -0.2) is 0 Å². The number of carbonyl (C=O) groups excluding carboxylic acids is 2. The topological polar surface area (TPSA) is 58.6 Å². The molecule has 0 spiro atoms. The average molecular weight is 304 g/mol. The highest BCUT2D eigenvalue weighted by atomic mass is 16.5. The first-order valence-corrected chi connectivity index (χ1v) is 7.60. The van der Waals surface area contributed by atoms with Crippen LogP contribution in [0.25, 0.3) is 0 Å². The molecule has 2 rings (SSSR count). The lowest BCUT2D eigenvalue weighted by atomic mass is 9.97. The van der Waals surface area contributed by atoms with Crippen molar-refractivity contribution in [2.24, 2.45) is 0 Å². The fraction of sp³-hybridized carbons (Fsp3) is 0.529. The highest BCUT2D eigenvalue weighted by Gasteiger charge is 2.46. The third kappa shape index (κ3) is 3.47. The van der Waals surface area contributed by atoms with Crippen molar-refractivity contribution in [3.63, 3.8) is 0 Å². The molecule has 0 aliphatic carbocycles. The van der Waals surface area contributed by atoms with Gasteiger partial charge in [0.25, 0.3) is 0 Å². The molecule has 1 N–H and O–H groups in total. The van der Waals surface area contributed by atoms with Crippen molar-refractivity contribution >= 4 is 11.8 Å². The lowest BCUT2D eigenvalue weighted by Gasteiger charge is -2.34. The standard InChI is InChI=1S/C17H24N2O3/c1-13-5-4-6-14(11-13)12-19-15(20)7-8-17(19,2)16(21)18-9-10-22-3/h4-6,11H,7-10,12H2,1-3H3,(H,18,21)/t17-/m1/s1. The number of ether oxygens (including phenoxy) is 1. The monoisotopic (exact) mass is 304 g/mol. The van der Waals surface area contributed by atoms with Gasteiger partial charge in [0, 0.05) is 26.6 Å². The van der Waals surface area contributed by atoms with Gasteiger partial charge < -0.3 is 15.0 Å². The first-order valence-electron chi connectivity index (χ1n) is 7.60. The summed E-state index contributed by atoms with van der Waals surface area (Å²) in [4.78, 5) is 26.4. The maximum Gasteiger partial charge on any atom is 0.245 e. The van der Waals surface area contributed by atoms with E-state index in [4.69, 9.17) is 4.74 Å². The normalized spacial score (nSPS) is 21.2. The lowest BCUT2D eigenvalue weighted by molar-refractivity contribution is -0.141. The van der Waals surface area contributed by atoms with Gasteiger partial charge in [0.2, 0.25) is 11.8 Å². The second-order valence-corrected chi connectivity index (χ2v) is 5.99. The Balaban J connectivity index is 2.12. The number of hydrogen-bond acceptors (Lipinski definition) is 3. The number of nitrogens with one attached hydrogen (secondary N) is 1. The van der Waals surface area contributed by atoms with E-state index >= 15 is 0 Å². The van der Waals surface area contributed by atoms with Gasteiger partial charge >= 0.3 is 0 Å². The van der Waals surface area contributed by atoms with E-state index in [2.05, 4.69) is 11.4 Å². The number of carbonyl (C=O) groups is 2. The number of hydrogen-bond donors (Lipinski definition) is 1. The van der Waals surface area contributed by atoms with Crippen molar-refractivity contribution in [1.29, 1.82) is 0 Å². The zero-order valence-corrected chi connectivity index (χ0v) is 13.5. The second kappa shape index (κ2) is 6.92. The number of aryl methyl sites for hydroxylation is 1. The van der Waals surface area contributed by atoms with Gasteiger partial charge in [0.05, 0.1) is 6.61 Å². The molecule has 1 aliphatic rings. The van der Waals surface area contributed by atoms with E-state index in [0.717, 1.165) is 11.1 Å². The molecule has 5 nitrogen and oxygen atoms in total. The summed E-state index contributed by atoms with van der Waals surface area (Å²) in [6.07, 6.45) is 0.969. The molecule has 1 atom stereocenters. The van der Waals surface area contributed by atoms with Crippen LogP contribution in [0, 0.1) is 6.92 Å². The van der Waals surface area contributed by atoms with E-state index in [1.54, 1.807) is 12.0 Å². The van der Waals surface area contributed by atoms with Crippen molar-refractivity contribution in [1.82, 2.24) is 10.2 Å². The summed E-state index contributed by atoms with van der Waals surface area (Å²) < 4.78 is 4.95. The van der Waals surface area contributed by atoms with Crippen LogP contribution < -0.4 is 5.32 Å². The summed E-state index contributed by atoms with van der Waals surface area (Å²) >= 11 is 0. The number of amides is 2. The van der Waals surface area contributed by atoms with E-state index in [-0.39, 0.29) is 11.8 Å². The summed E-state index contributed by atoms with van der Waals surface area (Å²) in [7, 11) is 1.59. The van der Waals surface area contributed by atoms with Crippen LogP contribution >= 0.6 is 0 Å². The molecule has 120 valence electrons. The van der Waals surface area contributed by atoms with Crippen LogP contribution in [-0.4, -0.2) is 42.5 Å². The fourth-order valence-electron chi connectivity index (χ4n) is 2.84. The molecule has 0 unspecified atom stereocenters. The molecule has 0 saturated carbocycles. The van der Waals surface area contributed by atoms with Crippen LogP contribution in [0.2, 0.25) is 0 Å². The van der Waals surface area contributed by atoms with Crippen LogP contribution in [0.15, 0.2) is 24.3 Å². The minimum absolute atomic E-state index is 0.0332. The smallest absolute Gasteiger partial charge is 0.245 e. The molecular formula is C17H24N2O3. The summed E-state index contributed by atoms with van der Waals surface area (Å²) in [5.41, 5.74) is 1.41. The van der Waals surface area contributed by atoms with Crippen LogP contribution in [0.5, 0.6) is 0 Å². The van der Waals surface area contributed by atoms with Crippen molar-refractivity contribution < 1.29 is 14.3 Å². The van der Waals surface area contributed by atoms with Crippen molar-refractivity contribution in [2.75, 3.05) is 20.3 Å². The van der Waals surface area contributed by atoms with Crippen LogP contribution in [0.3, 0.4) is 0 Å². The molecule has 1 aromatic carbocycles. The molecule has 22 heavy (non-hydrogen) atoms. The molecule has 1 heterocycles.